The van der Waals surface area contributed by atoms with Crippen molar-refractivity contribution >= 4 is 47.4 Å². The Hall–Kier alpha value is -1.10. The van der Waals surface area contributed by atoms with E-state index >= 15 is 0 Å². The number of ether oxygens (including phenoxy) is 1. The monoisotopic (exact) mass is 525 g/mol. The van der Waals surface area contributed by atoms with Crippen molar-refractivity contribution in [1.82, 2.24) is 20.9 Å². The van der Waals surface area contributed by atoms with Gasteiger partial charge in [-0.25, -0.2) is 14.8 Å². The lowest BCUT2D eigenvalue weighted by atomic mass is 10.1. The van der Waals surface area contributed by atoms with Gasteiger partial charge in [-0.1, -0.05) is 13.3 Å². The molecule has 1 rings (SSSR count). The molecule has 0 spiro atoms. The fourth-order valence-electron chi connectivity index (χ4n) is 2.48. The highest BCUT2D eigenvalue weighted by molar-refractivity contribution is 14.0. The molecule has 7 nitrogen and oxygen atoms in total. The van der Waals surface area contributed by atoms with Gasteiger partial charge in [0.2, 0.25) is 0 Å². The van der Waals surface area contributed by atoms with Crippen LogP contribution in [-0.4, -0.2) is 41.8 Å². The SMILES string of the molecule is CCCC(CNC(=NCc1sc(C)nc1C)NCC)NC(=O)OC(C)(C)C.I. The third-order valence-corrected chi connectivity index (χ3v) is 4.66. The summed E-state index contributed by atoms with van der Waals surface area (Å²) in [5.74, 6) is 0.732. The number of nitrogens with one attached hydrogen (secondary N) is 3. The van der Waals surface area contributed by atoms with Gasteiger partial charge >= 0.3 is 6.09 Å². The van der Waals surface area contributed by atoms with Crippen LogP contribution in [0.5, 0.6) is 0 Å². The quantitative estimate of drug-likeness (QED) is 0.270. The van der Waals surface area contributed by atoms with E-state index in [1.807, 2.05) is 41.5 Å². The number of amides is 1. The second-order valence-electron chi connectivity index (χ2n) is 7.45. The first kappa shape index (κ1) is 26.9. The molecule has 9 heteroatoms. The number of aliphatic imine (C=N–C) groups is 1. The Morgan fingerprint density at radius 3 is 2.43 bits per heavy atom. The fraction of sp³-hybridized carbons (Fsp3) is 0.737. The average Bonchev–Trinajstić information content (AvgIpc) is 2.86. The summed E-state index contributed by atoms with van der Waals surface area (Å²) >= 11 is 1.67. The zero-order valence-corrected chi connectivity index (χ0v) is 21.3. The number of hydrogen-bond donors (Lipinski definition) is 3. The number of rotatable bonds is 8. The molecular weight excluding hydrogens is 489 g/mol. The molecule has 1 heterocycles. The van der Waals surface area contributed by atoms with Gasteiger partial charge in [0.15, 0.2) is 5.96 Å². The van der Waals surface area contributed by atoms with Crippen LogP contribution < -0.4 is 16.0 Å². The summed E-state index contributed by atoms with van der Waals surface area (Å²) in [5.41, 5.74) is 0.530. The van der Waals surface area contributed by atoms with Crippen molar-refractivity contribution in [3.05, 3.63) is 15.6 Å². The molecule has 0 bridgehead atoms. The van der Waals surface area contributed by atoms with E-state index in [0.29, 0.717) is 13.1 Å². The van der Waals surface area contributed by atoms with Crippen molar-refractivity contribution in [2.24, 2.45) is 4.99 Å². The standard InChI is InChI=1S/C19H35N5O2S.HI/c1-8-10-15(24-18(25)26-19(5,6)7)11-21-17(20-9-2)22-12-16-13(3)23-14(4)27-16;/h15H,8-12H2,1-7H3,(H,24,25)(H2,20,21,22);1H. The number of alkyl carbamates (subject to hydrolysis) is 1. The fourth-order valence-corrected chi connectivity index (χ4v) is 3.34. The molecule has 0 saturated heterocycles. The molecule has 0 aliphatic rings. The minimum Gasteiger partial charge on any atom is -0.444 e. The average molecular weight is 526 g/mol. The molecule has 3 N–H and O–H groups in total. The highest BCUT2D eigenvalue weighted by Crippen LogP contribution is 2.17. The van der Waals surface area contributed by atoms with Gasteiger partial charge in [0.1, 0.15) is 5.60 Å². The van der Waals surface area contributed by atoms with Crippen LogP contribution in [0.15, 0.2) is 4.99 Å². The zero-order chi connectivity index (χ0) is 20.4. The van der Waals surface area contributed by atoms with Crippen LogP contribution in [-0.2, 0) is 11.3 Å². The minimum absolute atomic E-state index is 0. The first-order valence-electron chi connectivity index (χ1n) is 9.59. The van der Waals surface area contributed by atoms with E-state index in [-0.39, 0.29) is 36.1 Å². The molecule has 1 unspecified atom stereocenters. The van der Waals surface area contributed by atoms with Gasteiger partial charge in [0.05, 0.1) is 17.2 Å². The molecule has 0 aromatic carbocycles. The number of carbonyl (C=O) groups excluding carboxylic acids is 1. The highest BCUT2D eigenvalue weighted by atomic mass is 127. The van der Waals surface area contributed by atoms with Gasteiger partial charge in [-0.3, -0.25) is 0 Å². The molecule has 162 valence electrons. The summed E-state index contributed by atoms with van der Waals surface area (Å²) in [5, 5.41) is 10.6. The van der Waals surface area contributed by atoms with Crippen LogP contribution >= 0.6 is 35.3 Å². The zero-order valence-electron chi connectivity index (χ0n) is 18.1. The summed E-state index contributed by atoms with van der Waals surface area (Å²) in [4.78, 5) is 22.3. The van der Waals surface area contributed by atoms with Crippen molar-refractivity contribution in [2.45, 2.75) is 79.5 Å². The second kappa shape index (κ2) is 13.2. The molecule has 1 aromatic rings. The summed E-state index contributed by atoms with van der Waals surface area (Å²) in [6.45, 7) is 15.7. The number of aryl methyl sites for hydroxylation is 2. The smallest absolute Gasteiger partial charge is 0.407 e. The van der Waals surface area contributed by atoms with Crippen LogP contribution in [0.1, 0.15) is 63.0 Å². The lowest BCUT2D eigenvalue weighted by Gasteiger charge is -2.24. The number of halogens is 1. The maximum atomic E-state index is 12.1. The Labute approximate surface area is 190 Å². The predicted molar refractivity (Wildman–Crippen MR) is 128 cm³/mol. The Kier molecular flexibility index (Phi) is 12.7. The van der Waals surface area contributed by atoms with Gasteiger partial charge in [-0.05, 0) is 48.0 Å². The largest absolute Gasteiger partial charge is 0.444 e. The lowest BCUT2D eigenvalue weighted by molar-refractivity contribution is 0.0502. The van der Waals surface area contributed by atoms with Gasteiger partial charge in [0.25, 0.3) is 0 Å². The van der Waals surface area contributed by atoms with E-state index in [9.17, 15) is 4.79 Å². The Balaban J connectivity index is 0.00000729. The maximum absolute atomic E-state index is 12.1. The number of nitrogens with zero attached hydrogens (tertiary/aromatic N) is 2. The van der Waals surface area contributed by atoms with Crippen molar-refractivity contribution in [3.63, 3.8) is 0 Å². The van der Waals surface area contributed by atoms with Crippen molar-refractivity contribution in [2.75, 3.05) is 13.1 Å². The van der Waals surface area contributed by atoms with Crippen LogP contribution in [0.2, 0.25) is 0 Å². The summed E-state index contributed by atoms with van der Waals surface area (Å²) in [7, 11) is 0. The highest BCUT2D eigenvalue weighted by Gasteiger charge is 2.19. The lowest BCUT2D eigenvalue weighted by Crippen LogP contribution is -2.48. The number of thiazole rings is 1. The molecule has 0 aliphatic heterocycles. The molecule has 28 heavy (non-hydrogen) atoms. The number of carbonyl (C=O) groups is 1. The Bertz CT molecular complexity index is 628. The van der Waals surface area contributed by atoms with Crippen LogP contribution in [0.25, 0.3) is 0 Å². The first-order valence-corrected chi connectivity index (χ1v) is 10.4. The number of guanidine groups is 1. The van der Waals surface area contributed by atoms with Gasteiger partial charge in [-0.2, -0.15) is 0 Å². The molecule has 1 amide bonds. The van der Waals surface area contributed by atoms with Crippen LogP contribution in [0.4, 0.5) is 4.79 Å². The van der Waals surface area contributed by atoms with E-state index in [1.54, 1.807) is 11.3 Å². The second-order valence-corrected chi connectivity index (χ2v) is 8.74. The van der Waals surface area contributed by atoms with Crippen LogP contribution in [0.3, 0.4) is 0 Å². The summed E-state index contributed by atoms with van der Waals surface area (Å²) in [6, 6.07) is -0.0268. The van der Waals surface area contributed by atoms with E-state index in [1.165, 1.54) is 4.88 Å². The van der Waals surface area contributed by atoms with E-state index in [0.717, 1.165) is 36.0 Å². The molecular formula is C19H36IN5O2S. The van der Waals surface area contributed by atoms with Gasteiger partial charge < -0.3 is 20.7 Å². The summed E-state index contributed by atoms with van der Waals surface area (Å²) < 4.78 is 5.36. The van der Waals surface area contributed by atoms with E-state index < -0.39 is 5.60 Å². The van der Waals surface area contributed by atoms with Crippen molar-refractivity contribution in [3.8, 4) is 0 Å². The Morgan fingerprint density at radius 1 is 1.25 bits per heavy atom. The van der Waals surface area contributed by atoms with E-state index in [2.05, 4.69) is 32.9 Å². The maximum Gasteiger partial charge on any atom is 0.407 e. The molecule has 1 aromatic heterocycles. The minimum atomic E-state index is -0.505. The molecule has 0 saturated carbocycles. The van der Waals surface area contributed by atoms with Gasteiger partial charge in [-0.15, -0.1) is 35.3 Å². The third-order valence-electron chi connectivity index (χ3n) is 3.60. The molecule has 0 fully saturated rings. The normalized spacial score (nSPS) is 12.8. The van der Waals surface area contributed by atoms with E-state index in [4.69, 9.17) is 4.74 Å². The molecule has 1 atom stereocenters. The molecule has 0 radical (unpaired) electrons. The first-order chi connectivity index (χ1) is 12.6. The van der Waals surface area contributed by atoms with Crippen LogP contribution in [0, 0.1) is 13.8 Å². The van der Waals surface area contributed by atoms with Gasteiger partial charge in [0, 0.05) is 24.0 Å². The van der Waals surface area contributed by atoms with Crippen molar-refractivity contribution < 1.29 is 9.53 Å². The van der Waals surface area contributed by atoms with Crippen molar-refractivity contribution in [1.29, 1.82) is 0 Å². The number of aromatic nitrogens is 1. The Morgan fingerprint density at radius 2 is 1.93 bits per heavy atom. The number of hydrogen-bond acceptors (Lipinski definition) is 5. The third kappa shape index (κ3) is 11.0. The predicted octanol–water partition coefficient (Wildman–Crippen LogP) is 4.13. The topological polar surface area (TPSA) is 87.6 Å². The molecule has 0 aliphatic carbocycles. The summed E-state index contributed by atoms with van der Waals surface area (Å²) in [6.07, 6.45) is 1.44.